The monoisotopic (exact) mass is 201 g/mol. The van der Waals surface area contributed by atoms with Crippen molar-refractivity contribution in [2.24, 2.45) is 0 Å². The molecule has 1 amide bonds. The first-order valence-corrected chi connectivity index (χ1v) is 4.64. The van der Waals surface area contributed by atoms with E-state index in [1.54, 1.807) is 0 Å². The maximum absolute atomic E-state index is 11.5. The summed E-state index contributed by atoms with van der Waals surface area (Å²) in [6.07, 6.45) is 1.01. The summed E-state index contributed by atoms with van der Waals surface area (Å²) in [5.41, 5.74) is -1.01. The second kappa shape index (κ2) is 3.96. The first-order valence-electron chi connectivity index (χ1n) is 4.64. The Hall–Kier alpha value is -1.10. The van der Waals surface area contributed by atoms with Crippen LogP contribution in [0, 0.1) is 0 Å². The highest BCUT2D eigenvalue weighted by Crippen LogP contribution is 2.35. The predicted octanol–water partition coefficient (Wildman–Crippen LogP) is 0.145. The molecule has 2 N–H and O–H groups in total. The SMILES string of the molecule is CCC(OC)C(=O)NC1(C(=O)O)CC1. The Morgan fingerprint density at radius 1 is 1.57 bits per heavy atom. The summed E-state index contributed by atoms with van der Waals surface area (Å²) in [7, 11) is 1.44. The van der Waals surface area contributed by atoms with Crippen LogP contribution in [0.15, 0.2) is 0 Å². The molecule has 0 spiro atoms. The van der Waals surface area contributed by atoms with Crippen molar-refractivity contribution in [1.29, 1.82) is 0 Å². The third-order valence-corrected chi connectivity index (χ3v) is 2.47. The van der Waals surface area contributed by atoms with Gasteiger partial charge in [0, 0.05) is 7.11 Å². The van der Waals surface area contributed by atoms with E-state index in [1.807, 2.05) is 6.92 Å². The first-order chi connectivity index (χ1) is 6.55. The second-order valence-corrected chi connectivity index (χ2v) is 3.51. The number of carbonyl (C=O) groups is 2. The molecule has 1 rings (SSSR count). The van der Waals surface area contributed by atoms with Crippen LogP contribution in [-0.2, 0) is 14.3 Å². The quantitative estimate of drug-likeness (QED) is 0.663. The van der Waals surface area contributed by atoms with Gasteiger partial charge >= 0.3 is 5.97 Å². The molecule has 0 aromatic rings. The van der Waals surface area contributed by atoms with Crippen molar-refractivity contribution in [3.63, 3.8) is 0 Å². The fraction of sp³-hybridized carbons (Fsp3) is 0.778. The molecule has 1 aliphatic carbocycles. The van der Waals surface area contributed by atoms with Crippen LogP contribution in [0.1, 0.15) is 26.2 Å². The topological polar surface area (TPSA) is 75.6 Å². The van der Waals surface area contributed by atoms with Gasteiger partial charge in [0.05, 0.1) is 0 Å². The summed E-state index contributed by atoms with van der Waals surface area (Å²) in [5.74, 6) is -1.30. The van der Waals surface area contributed by atoms with Crippen LogP contribution in [0.2, 0.25) is 0 Å². The Kier molecular flexibility index (Phi) is 3.10. The zero-order valence-corrected chi connectivity index (χ0v) is 8.37. The van der Waals surface area contributed by atoms with E-state index in [1.165, 1.54) is 7.11 Å². The molecule has 5 heteroatoms. The van der Waals surface area contributed by atoms with Crippen molar-refractivity contribution in [2.75, 3.05) is 7.11 Å². The number of carboxylic acid groups (broad SMARTS) is 1. The van der Waals surface area contributed by atoms with Crippen LogP contribution < -0.4 is 5.32 Å². The number of carboxylic acids is 1. The number of carbonyl (C=O) groups excluding carboxylic acids is 1. The molecular formula is C9H15NO4. The summed E-state index contributed by atoms with van der Waals surface area (Å²) in [6.45, 7) is 1.81. The normalized spacial score (nSPS) is 19.9. The molecule has 14 heavy (non-hydrogen) atoms. The lowest BCUT2D eigenvalue weighted by atomic mass is 10.2. The Balaban J connectivity index is 2.52. The standard InChI is InChI=1S/C9H15NO4/c1-3-6(14-2)7(11)10-9(4-5-9)8(12)13/h6H,3-5H2,1-2H3,(H,10,11)(H,12,13). The Morgan fingerprint density at radius 3 is 2.43 bits per heavy atom. The maximum atomic E-state index is 11.5. The van der Waals surface area contributed by atoms with Crippen LogP contribution in [-0.4, -0.2) is 35.7 Å². The average molecular weight is 201 g/mol. The molecule has 5 nitrogen and oxygen atoms in total. The minimum absolute atomic E-state index is 0.338. The number of amides is 1. The zero-order chi connectivity index (χ0) is 10.8. The molecule has 0 aromatic heterocycles. The summed E-state index contributed by atoms with van der Waals surface area (Å²) in [4.78, 5) is 22.2. The van der Waals surface area contributed by atoms with Crippen LogP contribution in [0.5, 0.6) is 0 Å². The smallest absolute Gasteiger partial charge is 0.329 e. The van der Waals surface area contributed by atoms with Gasteiger partial charge in [-0.2, -0.15) is 0 Å². The van der Waals surface area contributed by atoms with Crippen LogP contribution in [0.3, 0.4) is 0 Å². The van der Waals surface area contributed by atoms with Crippen LogP contribution in [0.25, 0.3) is 0 Å². The maximum Gasteiger partial charge on any atom is 0.329 e. The molecule has 1 aliphatic rings. The van der Waals surface area contributed by atoms with Crippen molar-refractivity contribution in [3.8, 4) is 0 Å². The van der Waals surface area contributed by atoms with Gasteiger partial charge in [0.25, 0.3) is 0 Å². The van der Waals surface area contributed by atoms with Gasteiger partial charge in [0.1, 0.15) is 11.6 Å². The van der Waals surface area contributed by atoms with E-state index in [9.17, 15) is 9.59 Å². The van der Waals surface area contributed by atoms with Crippen LogP contribution in [0.4, 0.5) is 0 Å². The number of nitrogens with one attached hydrogen (secondary N) is 1. The molecule has 80 valence electrons. The average Bonchev–Trinajstić information content (AvgIpc) is 2.87. The number of rotatable bonds is 5. The molecular weight excluding hydrogens is 186 g/mol. The molecule has 1 saturated carbocycles. The summed E-state index contributed by atoms with van der Waals surface area (Å²) in [5, 5.41) is 11.3. The van der Waals surface area contributed by atoms with Gasteiger partial charge < -0.3 is 15.2 Å². The fourth-order valence-electron chi connectivity index (χ4n) is 1.29. The highest BCUT2D eigenvalue weighted by Gasteiger charge is 2.52. The fourth-order valence-corrected chi connectivity index (χ4v) is 1.29. The predicted molar refractivity (Wildman–Crippen MR) is 48.8 cm³/mol. The summed E-state index contributed by atoms with van der Waals surface area (Å²) >= 11 is 0. The molecule has 1 unspecified atom stereocenters. The molecule has 0 heterocycles. The highest BCUT2D eigenvalue weighted by molar-refractivity contribution is 5.91. The highest BCUT2D eigenvalue weighted by atomic mass is 16.5. The van der Waals surface area contributed by atoms with Gasteiger partial charge in [-0.3, -0.25) is 4.79 Å². The molecule has 0 aliphatic heterocycles. The summed E-state index contributed by atoms with van der Waals surface area (Å²) < 4.78 is 4.91. The van der Waals surface area contributed by atoms with Crippen LogP contribution >= 0.6 is 0 Å². The van der Waals surface area contributed by atoms with E-state index in [2.05, 4.69) is 5.32 Å². The van der Waals surface area contributed by atoms with Gasteiger partial charge in [-0.05, 0) is 19.3 Å². The molecule has 0 radical (unpaired) electrons. The van der Waals surface area contributed by atoms with Crippen molar-refractivity contribution in [1.82, 2.24) is 5.32 Å². The van der Waals surface area contributed by atoms with E-state index in [0.717, 1.165) is 0 Å². The molecule has 1 fully saturated rings. The van der Waals surface area contributed by atoms with Crippen molar-refractivity contribution in [3.05, 3.63) is 0 Å². The van der Waals surface area contributed by atoms with Crippen molar-refractivity contribution < 1.29 is 19.4 Å². The zero-order valence-electron chi connectivity index (χ0n) is 8.37. The number of ether oxygens (including phenoxy) is 1. The Morgan fingerprint density at radius 2 is 2.14 bits per heavy atom. The minimum atomic E-state index is -1.01. The van der Waals surface area contributed by atoms with Crippen molar-refractivity contribution in [2.45, 2.75) is 37.8 Å². The van der Waals surface area contributed by atoms with Gasteiger partial charge in [-0.25, -0.2) is 4.79 Å². The number of hydrogen-bond donors (Lipinski definition) is 2. The lowest BCUT2D eigenvalue weighted by Crippen LogP contribution is -2.47. The molecule has 1 atom stereocenters. The second-order valence-electron chi connectivity index (χ2n) is 3.51. The largest absolute Gasteiger partial charge is 0.480 e. The van der Waals surface area contributed by atoms with Gasteiger partial charge in [-0.1, -0.05) is 6.92 Å². The molecule has 0 saturated heterocycles. The lowest BCUT2D eigenvalue weighted by molar-refractivity contribution is -0.145. The Bertz CT molecular complexity index is 243. The molecule has 0 bridgehead atoms. The van der Waals surface area contributed by atoms with E-state index in [0.29, 0.717) is 19.3 Å². The van der Waals surface area contributed by atoms with Crippen molar-refractivity contribution >= 4 is 11.9 Å². The van der Waals surface area contributed by atoms with Gasteiger partial charge in [0.2, 0.25) is 5.91 Å². The van der Waals surface area contributed by atoms with E-state index < -0.39 is 17.6 Å². The number of aliphatic carboxylic acids is 1. The number of methoxy groups -OCH3 is 1. The summed E-state index contributed by atoms with van der Waals surface area (Å²) in [6, 6.07) is 0. The van der Waals surface area contributed by atoms with E-state index in [-0.39, 0.29) is 5.91 Å². The van der Waals surface area contributed by atoms with Gasteiger partial charge in [0.15, 0.2) is 0 Å². The number of hydrogen-bond acceptors (Lipinski definition) is 3. The third-order valence-electron chi connectivity index (χ3n) is 2.47. The molecule has 0 aromatic carbocycles. The van der Waals surface area contributed by atoms with Gasteiger partial charge in [-0.15, -0.1) is 0 Å². The van der Waals surface area contributed by atoms with E-state index >= 15 is 0 Å². The lowest BCUT2D eigenvalue weighted by Gasteiger charge is -2.17. The minimum Gasteiger partial charge on any atom is -0.480 e. The third kappa shape index (κ3) is 2.04. The first kappa shape index (κ1) is 11.0. The Labute approximate surface area is 82.4 Å². The van der Waals surface area contributed by atoms with E-state index in [4.69, 9.17) is 9.84 Å².